The third kappa shape index (κ3) is 4.84. The van der Waals surface area contributed by atoms with Gasteiger partial charge in [-0.25, -0.2) is 4.52 Å². The van der Waals surface area contributed by atoms with Crippen LogP contribution in [0, 0.1) is 6.92 Å². The molecule has 0 aliphatic carbocycles. The Balaban J connectivity index is 1.38. The average Bonchev–Trinajstić information content (AvgIpc) is 3.29. The van der Waals surface area contributed by atoms with E-state index >= 15 is 0 Å². The SMILES string of the molecule is CCc1nc(C)cn2nc(C3=CC(=O)N4C=C(N5CCN(CCCF)CC5)C=C/C4=C\C=C3)cc12. The first kappa shape index (κ1) is 23.2. The van der Waals surface area contributed by atoms with E-state index in [0.717, 1.165) is 78.7 Å². The predicted molar refractivity (Wildman–Crippen MR) is 135 cm³/mol. The van der Waals surface area contributed by atoms with Gasteiger partial charge in [0, 0.05) is 56.3 Å². The number of piperazine rings is 1. The van der Waals surface area contributed by atoms with Gasteiger partial charge in [-0.3, -0.25) is 24.0 Å². The van der Waals surface area contributed by atoms with Crippen molar-refractivity contribution in [1.29, 1.82) is 0 Å². The highest BCUT2D eigenvalue weighted by molar-refractivity contribution is 5.99. The molecule has 5 heterocycles. The first-order valence-corrected chi connectivity index (χ1v) is 12.3. The number of alkyl halides is 1. The summed E-state index contributed by atoms with van der Waals surface area (Å²) in [6.07, 6.45) is 16.8. The van der Waals surface area contributed by atoms with Gasteiger partial charge in [-0.2, -0.15) is 5.10 Å². The van der Waals surface area contributed by atoms with Crippen molar-refractivity contribution < 1.29 is 9.18 Å². The van der Waals surface area contributed by atoms with Crippen LogP contribution in [0.4, 0.5) is 4.39 Å². The van der Waals surface area contributed by atoms with E-state index in [9.17, 15) is 9.18 Å². The topological polar surface area (TPSA) is 57.0 Å². The lowest BCUT2D eigenvalue weighted by molar-refractivity contribution is -0.122. The van der Waals surface area contributed by atoms with Crippen LogP contribution in [0.15, 0.2) is 66.3 Å². The molecule has 0 saturated carbocycles. The zero-order valence-corrected chi connectivity index (χ0v) is 20.3. The van der Waals surface area contributed by atoms with E-state index < -0.39 is 0 Å². The number of hydrogen-bond acceptors (Lipinski definition) is 5. The van der Waals surface area contributed by atoms with Crippen LogP contribution in [0.2, 0.25) is 0 Å². The minimum Gasteiger partial charge on any atom is -0.368 e. The molecule has 0 aromatic carbocycles. The highest BCUT2D eigenvalue weighted by Crippen LogP contribution is 2.26. The van der Waals surface area contributed by atoms with Crippen molar-refractivity contribution in [3.63, 3.8) is 0 Å². The Morgan fingerprint density at radius 2 is 1.89 bits per heavy atom. The van der Waals surface area contributed by atoms with Gasteiger partial charge in [-0.1, -0.05) is 19.1 Å². The molecule has 2 aromatic heterocycles. The molecule has 8 heteroatoms. The van der Waals surface area contributed by atoms with E-state index in [1.165, 1.54) is 0 Å². The summed E-state index contributed by atoms with van der Waals surface area (Å²) < 4.78 is 14.3. The van der Waals surface area contributed by atoms with E-state index in [0.29, 0.717) is 6.42 Å². The molecule has 3 aliphatic rings. The van der Waals surface area contributed by atoms with Crippen LogP contribution in [-0.4, -0.2) is 74.6 Å². The quantitative estimate of drug-likeness (QED) is 0.640. The van der Waals surface area contributed by atoms with Crippen molar-refractivity contribution in [2.24, 2.45) is 0 Å². The first-order chi connectivity index (χ1) is 17.1. The molecule has 0 spiro atoms. The van der Waals surface area contributed by atoms with E-state index in [1.54, 1.807) is 11.0 Å². The number of rotatable bonds is 6. The molecule has 0 atom stereocenters. The standard InChI is InChI=1S/C27H31FN6O/c1-3-24-26-17-25(30-34(26)18-20(2)29-24)21-6-4-7-22-8-9-23(19-33(22)27(35)16-21)32-14-12-31(13-15-32)11-5-10-28/h4,6-9,16-19H,3,5,10-15H2,1-2H3/b6-4?,21-16?,22-7+. The molecule has 1 saturated heterocycles. The van der Waals surface area contributed by atoms with Gasteiger partial charge in [-0.05, 0) is 44.1 Å². The summed E-state index contributed by atoms with van der Waals surface area (Å²) in [6.45, 7) is 8.09. The minimum atomic E-state index is -0.268. The molecule has 0 N–H and O–H groups in total. The molecule has 7 nitrogen and oxygen atoms in total. The van der Waals surface area contributed by atoms with E-state index in [1.807, 2.05) is 54.2 Å². The Kier molecular flexibility index (Phi) is 6.63. The maximum absolute atomic E-state index is 13.4. The Hall–Kier alpha value is -3.52. The van der Waals surface area contributed by atoms with Crippen LogP contribution >= 0.6 is 0 Å². The lowest BCUT2D eigenvalue weighted by atomic mass is 10.1. The number of fused-ring (bicyclic) bond motifs is 2. The number of amides is 1. The third-order valence-electron chi connectivity index (χ3n) is 6.65. The summed E-state index contributed by atoms with van der Waals surface area (Å²) in [4.78, 5) is 24.3. The van der Waals surface area contributed by atoms with Crippen LogP contribution in [0.5, 0.6) is 0 Å². The lowest BCUT2D eigenvalue weighted by Crippen LogP contribution is -2.46. The monoisotopic (exact) mass is 474 g/mol. The lowest BCUT2D eigenvalue weighted by Gasteiger charge is -2.38. The van der Waals surface area contributed by atoms with Crippen molar-refractivity contribution >= 4 is 17.0 Å². The zero-order chi connectivity index (χ0) is 24.4. The Bertz CT molecular complexity index is 1280. The molecular formula is C27H31FN6O. The second kappa shape index (κ2) is 10.00. The number of hydrogen-bond donors (Lipinski definition) is 0. The summed E-state index contributed by atoms with van der Waals surface area (Å²) in [5, 5.41) is 4.73. The van der Waals surface area contributed by atoms with Crippen LogP contribution in [0.25, 0.3) is 11.1 Å². The van der Waals surface area contributed by atoms with Crippen molar-refractivity contribution in [1.82, 2.24) is 29.3 Å². The Labute approximate surface area is 205 Å². The molecule has 0 unspecified atom stereocenters. The summed E-state index contributed by atoms with van der Waals surface area (Å²) in [6, 6.07) is 2.00. The Morgan fingerprint density at radius 3 is 2.66 bits per heavy atom. The van der Waals surface area contributed by atoms with Crippen molar-refractivity contribution in [3.8, 4) is 0 Å². The largest absolute Gasteiger partial charge is 0.368 e. The fourth-order valence-corrected chi connectivity index (χ4v) is 4.77. The minimum absolute atomic E-state index is 0.110. The molecule has 5 rings (SSSR count). The molecule has 1 fully saturated rings. The molecular weight excluding hydrogens is 443 g/mol. The number of aryl methyl sites for hydroxylation is 2. The molecule has 1 amide bonds. The summed E-state index contributed by atoms with van der Waals surface area (Å²) >= 11 is 0. The Morgan fingerprint density at radius 1 is 1.09 bits per heavy atom. The van der Waals surface area contributed by atoms with Gasteiger partial charge in [0.25, 0.3) is 5.91 Å². The van der Waals surface area contributed by atoms with Gasteiger partial charge in [0.1, 0.15) is 0 Å². The van der Waals surface area contributed by atoms with Crippen LogP contribution < -0.4 is 0 Å². The van der Waals surface area contributed by atoms with E-state index in [2.05, 4.69) is 27.8 Å². The summed E-state index contributed by atoms with van der Waals surface area (Å²) in [5.41, 5.74) is 6.22. The third-order valence-corrected chi connectivity index (χ3v) is 6.65. The highest BCUT2D eigenvalue weighted by Gasteiger charge is 2.23. The van der Waals surface area contributed by atoms with Gasteiger partial charge in [0.15, 0.2) is 0 Å². The second-order valence-electron chi connectivity index (χ2n) is 9.06. The maximum Gasteiger partial charge on any atom is 0.255 e. The zero-order valence-electron chi connectivity index (χ0n) is 20.3. The molecule has 35 heavy (non-hydrogen) atoms. The average molecular weight is 475 g/mol. The normalized spacial score (nSPS) is 20.3. The van der Waals surface area contributed by atoms with Gasteiger partial charge >= 0.3 is 0 Å². The van der Waals surface area contributed by atoms with E-state index in [4.69, 9.17) is 5.10 Å². The summed E-state index contributed by atoms with van der Waals surface area (Å²) in [7, 11) is 0. The predicted octanol–water partition coefficient (Wildman–Crippen LogP) is 3.65. The summed E-state index contributed by atoms with van der Waals surface area (Å²) in [5.74, 6) is -0.110. The van der Waals surface area contributed by atoms with Crippen molar-refractivity contribution in [3.05, 3.63) is 83.4 Å². The van der Waals surface area contributed by atoms with Gasteiger partial charge in [-0.15, -0.1) is 0 Å². The molecule has 2 aromatic rings. The molecule has 182 valence electrons. The van der Waals surface area contributed by atoms with Gasteiger partial charge in [0.05, 0.1) is 41.2 Å². The first-order valence-electron chi connectivity index (χ1n) is 12.3. The number of halogens is 1. The number of carbonyl (C=O) groups is 1. The highest BCUT2D eigenvalue weighted by atomic mass is 19.1. The maximum atomic E-state index is 13.4. The van der Waals surface area contributed by atoms with Crippen molar-refractivity contribution in [2.75, 3.05) is 39.4 Å². The number of nitrogens with zero attached hydrogens (tertiary/aromatic N) is 6. The molecule has 0 bridgehead atoms. The smallest absolute Gasteiger partial charge is 0.255 e. The molecule has 0 radical (unpaired) electrons. The number of aromatic nitrogens is 3. The fourth-order valence-electron chi connectivity index (χ4n) is 4.77. The fraction of sp³-hybridized carbons (Fsp3) is 0.370. The van der Waals surface area contributed by atoms with Crippen molar-refractivity contribution in [2.45, 2.75) is 26.7 Å². The second-order valence-corrected chi connectivity index (χ2v) is 9.06. The number of allylic oxidation sites excluding steroid dienone is 6. The van der Waals surface area contributed by atoms with Crippen LogP contribution in [0.3, 0.4) is 0 Å². The van der Waals surface area contributed by atoms with Crippen LogP contribution in [-0.2, 0) is 11.2 Å². The molecule has 3 aliphatic heterocycles. The van der Waals surface area contributed by atoms with Gasteiger partial charge in [0.2, 0.25) is 0 Å². The van der Waals surface area contributed by atoms with Gasteiger partial charge < -0.3 is 4.90 Å². The van der Waals surface area contributed by atoms with Crippen LogP contribution in [0.1, 0.15) is 30.4 Å². The number of carbonyl (C=O) groups excluding carboxylic acids is 1. The van der Waals surface area contributed by atoms with E-state index in [-0.39, 0.29) is 12.6 Å².